The molecule has 0 heterocycles. The first-order valence-electron chi connectivity index (χ1n) is 9.40. The Morgan fingerprint density at radius 2 is 1.46 bits per heavy atom. The van der Waals surface area contributed by atoms with Crippen molar-refractivity contribution < 1.29 is 4.43 Å². The van der Waals surface area contributed by atoms with Crippen molar-refractivity contribution in [2.75, 3.05) is 0 Å². The van der Waals surface area contributed by atoms with E-state index in [2.05, 4.69) is 101 Å². The quantitative estimate of drug-likeness (QED) is 0.348. The standard InChI is InChI=1S/C24H27OSi/c1-24(2,3)26(4,5)25-23-12-8-11-19-15-20-13-17-9-6-7-10-18(17)14-21(20)16-22(19)23/h6-16,23H,1-5H3. The summed E-state index contributed by atoms with van der Waals surface area (Å²) < 4.78 is 6.74. The highest BCUT2D eigenvalue weighted by molar-refractivity contribution is 6.74. The van der Waals surface area contributed by atoms with Crippen LogP contribution in [0.1, 0.15) is 38.0 Å². The summed E-state index contributed by atoms with van der Waals surface area (Å²) in [4.78, 5) is 0. The molecule has 0 amide bonds. The SMILES string of the molecule is CC(C)(C)[Si](C)(C)OC1C=C[CH]c2cc3cc4ccccc4cc3cc21. The summed E-state index contributed by atoms with van der Waals surface area (Å²) in [6, 6.07) is 17.8. The Kier molecular flexibility index (Phi) is 4.09. The molecule has 0 spiro atoms. The van der Waals surface area contributed by atoms with Gasteiger partial charge in [-0.05, 0) is 69.0 Å². The van der Waals surface area contributed by atoms with Gasteiger partial charge in [0.05, 0.1) is 6.10 Å². The average Bonchev–Trinajstić information content (AvgIpc) is 2.57. The minimum Gasteiger partial charge on any atom is -0.407 e. The van der Waals surface area contributed by atoms with Crippen molar-refractivity contribution in [1.82, 2.24) is 0 Å². The molecule has 0 bridgehead atoms. The monoisotopic (exact) mass is 359 g/mol. The summed E-state index contributed by atoms with van der Waals surface area (Å²) in [7, 11) is -1.84. The normalized spacial score (nSPS) is 17.7. The molecule has 2 heteroatoms. The molecule has 0 fully saturated rings. The lowest BCUT2D eigenvalue weighted by Crippen LogP contribution is -2.41. The van der Waals surface area contributed by atoms with Crippen LogP contribution in [0.2, 0.25) is 18.1 Å². The van der Waals surface area contributed by atoms with Gasteiger partial charge in [0.1, 0.15) is 0 Å². The summed E-state index contributed by atoms with van der Waals surface area (Å²) in [5.41, 5.74) is 2.57. The minimum absolute atomic E-state index is 0.0479. The van der Waals surface area contributed by atoms with E-state index in [0.717, 1.165) is 0 Å². The first-order valence-corrected chi connectivity index (χ1v) is 12.3. The smallest absolute Gasteiger partial charge is 0.193 e. The highest BCUT2D eigenvalue weighted by Crippen LogP contribution is 2.42. The van der Waals surface area contributed by atoms with Crippen molar-refractivity contribution in [2.45, 2.75) is 45.0 Å². The molecular weight excluding hydrogens is 332 g/mol. The Morgan fingerprint density at radius 1 is 0.846 bits per heavy atom. The fourth-order valence-electron chi connectivity index (χ4n) is 3.38. The van der Waals surface area contributed by atoms with Gasteiger partial charge in [0, 0.05) is 6.42 Å². The van der Waals surface area contributed by atoms with E-state index >= 15 is 0 Å². The van der Waals surface area contributed by atoms with Gasteiger partial charge in [-0.25, -0.2) is 0 Å². The second-order valence-electron chi connectivity index (χ2n) is 8.88. The van der Waals surface area contributed by atoms with E-state index in [9.17, 15) is 0 Å². The summed E-state index contributed by atoms with van der Waals surface area (Å²) >= 11 is 0. The van der Waals surface area contributed by atoms with Crippen LogP contribution in [-0.2, 0) is 4.43 Å². The van der Waals surface area contributed by atoms with Crippen molar-refractivity contribution >= 4 is 29.9 Å². The fraction of sp³-hybridized carbons (Fsp3) is 0.292. The molecule has 1 atom stereocenters. The molecule has 1 radical (unpaired) electrons. The van der Waals surface area contributed by atoms with Crippen LogP contribution >= 0.6 is 0 Å². The van der Waals surface area contributed by atoms with Crippen LogP contribution < -0.4 is 0 Å². The third kappa shape index (κ3) is 3.02. The summed E-state index contributed by atoms with van der Waals surface area (Å²) in [6.07, 6.45) is 6.60. The number of hydrogen-bond acceptors (Lipinski definition) is 1. The zero-order valence-electron chi connectivity index (χ0n) is 16.3. The lowest BCUT2D eigenvalue weighted by molar-refractivity contribution is 0.228. The zero-order chi connectivity index (χ0) is 18.5. The maximum atomic E-state index is 6.74. The van der Waals surface area contributed by atoms with Gasteiger partial charge in [-0.1, -0.05) is 63.3 Å². The molecule has 1 aliphatic rings. The van der Waals surface area contributed by atoms with E-state index in [1.807, 2.05) is 0 Å². The Balaban J connectivity index is 1.81. The van der Waals surface area contributed by atoms with Crippen molar-refractivity contribution in [3.63, 3.8) is 0 Å². The number of benzene rings is 3. The van der Waals surface area contributed by atoms with Gasteiger partial charge in [0.15, 0.2) is 8.32 Å². The van der Waals surface area contributed by atoms with Crippen LogP contribution in [0.4, 0.5) is 0 Å². The Hall–Kier alpha value is -1.90. The number of allylic oxidation sites excluding steroid dienone is 1. The van der Waals surface area contributed by atoms with E-state index in [0.29, 0.717) is 0 Å². The van der Waals surface area contributed by atoms with Crippen LogP contribution in [0.25, 0.3) is 21.5 Å². The Bertz CT molecular complexity index is 1010. The van der Waals surface area contributed by atoms with Crippen molar-refractivity contribution in [1.29, 1.82) is 0 Å². The molecule has 3 aromatic carbocycles. The van der Waals surface area contributed by atoms with Gasteiger partial charge in [-0.3, -0.25) is 0 Å². The molecule has 1 unspecified atom stereocenters. The minimum atomic E-state index is -1.84. The maximum absolute atomic E-state index is 6.74. The van der Waals surface area contributed by atoms with Crippen molar-refractivity contribution in [3.05, 3.63) is 78.2 Å². The largest absolute Gasteiger partial charge is 0.407 e. The second-order valence-corrected chi connectivity index (χ2v) is 13.6. The van der Waals surface area contributed by atoms with E-state index < -0.39 is 8.32 Å². The predicted octanol–water partition coefficient (Wildman–Crippen LogP) is 7.18. The second kappa shape index (κ2) is 6.07. The van der Waals surface area contributed by atoms with Gasteiger partial charge < -0.3 is 4.43 Å². The van der Waals surface area contributed by atoms with Crippen LogP contribution in [0.15, 0.2) is 60.7 Å². The van der Waals surface area contributed by atoms with Crippen LogP contribution in [0.3, 0.4) is 0 Å². The maximum Gasteiger partial charge on any atom is 0.193 e. The number of hydrogen-bond donors (Lipinski definition) is 0. The Morgan fingerprint density at radius 3 is 2.08 bits per heavy atom. The number of fused-ring (bicyclic) bond motifs is 3. The van der Waals surface area contributed by atoms with Gasteiger partial charge in [-0.15, -0.1) is 0 Å². The molecule has 1 nitrogen and oxygen atoms in total. The highest BCUT2D eigenvalue weighted by atomic mass is 28.4. The first-order chi connectivity index (χ1) is 12.2. The van der Waals surface area contributed by atoms with E-state index in [4.69, 9.17) is 4.43 Å². The summed E-state index contributed by atoms with van der Waals surface area (Å²) in [5, 5.41) is 5.36. The lowest BCUT2D eigenvalue weighted by atomic mass is 9.90. The van der Waals surface area contributed by atoms with E-state index in [1.54, 1.807) is 0 Å². The Labute approximate surface area is 157 Å². The molecule has 26 heavy (non-hydrogen) atoms. The summed E-state index contributed by atoms with van der Waals surface area (Å²) in [6.45, 7) is 11.5. The van der Waals surface area contributed by atoms with E-state index in [1.165, 1.54) is 32.7 Å². The van der Waals surface area contributed by atoms with E-state index in [-0.39, 0.29) is 11.1 Å². The van der Waals surface area contributed by atoms with Gasteiger partial charge in [-0.2, -0.15) is 0 Å². The van der Waals surface area contributed by atoms with Crippen molar-refractivity contribution in [2.24, 2.45) is 0 Å². The molecule has 133 valence electrons. The topological polar surface area (TPSA) is 9.23 Å². The third-order valence-corrected chi connectivity index (χ3v) is 10.5. The van der Waals surface area contributed by atoms with Gasteiger partial charge >= 0.3 is 0 Å². The molecule has 0 saturated heterocycles. The van der Waals surface area contributed by atoms with Gasteiger partial charge in [0.2, 0.25) is 0 Å². The van der Waals surface area contributed by atoms with Crippen LogP contribution in [0, 0.1) is 6.42 Å². The summed E-state index contributed by atoms with van der Waals surface area (Å²) in [5.74, 6) is 0. The van der Waals surface area contributed by atoms with Crippen LogP contribution in [0.5, 0.6) is 0 Å². The molecule has 0 aromatic heterocycles. The van der Waals surface area contributed by atoms with Gasteiger partial charge in [0.25, 0.3) is 0 Å². The first kappa shape index (κ1) is 17.5. The van der Waals surface area contributed by atoms with Crippen LogP contribution in [-0.4, -0.2) is 8.32 Å². The predicted molar refractivity (Wildman–Crippen MR) is 115 cm³/mol. The molecule has 3 aromatic rings. The molecule has 4 rings (SSSR count). The average molecular weight is 360 g/mol. The molecule has 0 saturated carbocycles. The molecule has 0 aliphatic heterocycles. The fourth-order valence-corrected chi connectivity index (χ4v) is 4.57. The third-order valence-electron chi connectivity index (χ3n) is 6.00. The molecule has 0 N–H and O–H groups in total. The number of rotatable bonds is 2. The molecule has 1 aliphatic carbocycles. The van der Waals surface area contributed by atoms with Crippen molar-refractivity contribution in [3.8, 4) is 0 Å². The highest BCUT2D eigenvalue weighted by Gasteiger charge is 2.39. The zero-order valence-corrected chi connectivity index (χ0v) is 17.3. The lowest BCUT2D eigenvalue weighted by Gasteiger charge is -2.39. The molecular formula is C24H27OSi.